The molecule has 0 aliphatic carbocycles. The number of hydrogen-bond donors (Lipinski definition) is 2. The second kappa shape index (κ2) is 11.0. The number of benzene rings is 1. The predicted molar refractivity (Wildman–Crippen MR) is 86.9 cm³/mol. The maximum atomic E-state index is 5.69. The van der Waals surface area contributed by atoms with Crippen molar-refractivity contribution in [3.05, 3.63) is 29.8 Å². The van der Waals surface area contributed by atoms with Crippen LogP contribution >= 0.6 is 0 Å². The lowest BCUT2D eigenvalue weighted by Crippen LogP contribution is -2.37. The largest absolute Gasteiger partial charge is 0.493 e. The van der Waals surface area contributed by atoms with Crippen molar-refractivity contribution in [1.29, 1.82) is 0 Å². The van der Waals surface area contributed by atoms with E-state index in [4.69, 9.17) is 9.47 Å². The van der Waals surface area contributed by atoms with Crippen LogP contribution in [0.3, 0.4) is 0 Å². The zero-order valence-electron chi connectivity index (χ0n) is 13.3. The van der Waals surface area contributed by atoms with Gasteiger partial charge in [-0.05, 0) is 24.1 Å². The first kappa shape index (κ1) is 17.3. The third kappa shape index (κ3) is 7.56. The highest BCUT2D eigenvalue weighted by molar-refractivity contribution is 5.79. The smallest absolute Gasteiger partial charge is 0.191 e. The first-order chi connectivity index (χ1) is 10.3. The molecule has 0 bridgehead atoms. The number of hydrogen-bond acceptors (Lipinski definition) is 3. The van der Waals surface area contributed by atoms with E-state index in [2.05, 4.69) is 28.6 Å². The van der Waals surface area contributed by atoms with Crippen LogP contribution in [-0.2, 0) is 11.3 Å². The third-order valence-corrected chi connectivity index (χ3v) is 2.89. The minimum Gasteiger partial charge on any atom is -0.493 e. The van der Waals surface area contributed by atoms with E-state index in [1.165, 1.54) is 5.56 Å². The lowest BCUT2D eigenvalue weighted by molar-refractivity contribution is 0.172. The lowest BCUT2D eigenvalue weighted by atomic mass is 10.2. The molecule has 1 aromatic carbocycles. The van der Waals surface area contributed by atoms with Crippen molar-refractivity contribution >= 4 is 5.96 Å². The number of nitrogens with one attached hydrogen (secondary N) is 2. The van der Waals surface area contributed by atoms with Gasteiger partial charge in [0.05, 0.1) is 6.61 Å². The Morgan fingerprint density at radius 1 is 1.24 bits per heavy atom. The summed E-state index contributed by atoms with van der Waals surface area (Å²) in [6.45, 7) is 5.16. The van der Waals surface area contributed by atoms with Gasteiger partial charge in [-0.2, -0.15) is 0 Å². The Morgan fingerprint density at radius 2 is 2.10 bits per heavy atom. The van der Waals surface area contributed by atoms with Crippen LogP contribution in [0.2, 0.25) is 0 Å². The first-order valence-electron chi connectivity index (χ1n) is 7.45. The molecule has 1 aromatic rings. The number of methoxy groups -OCH3 is 1. The minimum atomic E-state index is 0.671. The van der Waals surface area contributed by atoms with Crippen LogP contribution in [0.5, 0.6) is 5.75 Å². The molecule has 0 saturated carbocycles. The average molecular weight is 293 g/mol. The summed E-state index contributed by atoms with van der Waals surface area (Å²) in [6.07, 6.45) is 1.97. The van der Waals surface area contributed by atoms with Crippen molar-refractivity contribution in [3.8, 4) is 5.75 Å². The zero-order valence-corrected chi connectivity index (χ0v) is 13.3. The monoisotopic (exact) mass is 293 g/mol. The molecule has 0 spiro atoms. The van der Waals surface area contributed by atoms with Gasteiger partial charge in [-0.25, -0.2) is 0 Å². The van der Waals surface area contributed by atoms with Gasteiger partial charge < -0.3 is 20.1 Å². The zero-order chi connectivity index (χ0) is 15.3. The molecule has 0 heterocycles. The highest BCUT2D eigenvalue weighted by Gasteiger charge is 2.00. The summed E-state index contributed by atoms with van der Waals surface area (Å²) in [7, 11) is 3.48. The van der Waals surface area contributed by atoms with E-state index in [-0.39, 0.29) is 0 Å². The van der Waals surface area contributed by atoms with Crippen LogP contribution in [0.4, 0.5) is 0 Å². The molecule has 5 nitrogen and oxygen atoms in total. The molecule has 0 aromatic heterocycles. The third-order valence-electron chi connectivity index (χ3n) is 2.89. The van der Waals surface area contributed by atoms with E-state index in [9.17, 15) is 0 Å². The molecule has 0 aliphatic heterocycles. The first-order valence-corrected chi connectivity index (χ1v) is 7.45. The summed E-state index contributed by atoms with van der Waals surface area (Å²) in [5.74, 6) is 1.71. The Labute approximate surface area is 127 Å². The van der Waals surface area contributed by atoms with Crippen LogP contribution in [0, 0.1) is 0 Å². The van der Waals surface area contributed by atoms with Crippen molar-refractivity contribution in [1.82, 2.24) is 10.6 Å². The number of aliphatic imine (C=N–C) groups is 1. The predicted octanol–water partition coefficient (Wildman–Crippen LogP) is 2.18. The van der Waals surface area contributed by atoms with Crippen molar-refractivity contribution in [2.45, 2.75) is 26.3 Å². The Hall–Kier alpha value is -1.75. The SMILES string of the molecule is CCCNC(=NC)NCc1cccc(OCCCOC)c1. The molecule has 0 amide bonds. The van der Waals surface area contributed by atoms with Crippen LogP contribution < -0.4 is 15.4 Å². The fraction of sp³-hybridized carbons (Fsp3) is 0.562. The van der Waals surface area contributed by atoms with E-state index in [0.717, 1.165) is 44.2 Å². The summed E-state index contributed by atoms with van der Waals surface area (Å²) in [4.78, 5) is 4.18. The Kier molecular flexibility index (Phi) is 9.04. The van der Waals surface area contributed by atoms with E-state index in [0.29, 0.717) is 6.61 Å². The number of nitrogens with zero attached hydrogens (tertiary/aromatic N) is 1. The van der Waals surface area contributed by atoms with Gasteiger partial charge in [-0.1, -0.05) is 19.1 Å². The van der Waals surface area contributed by atoms with Crippen LogP contribution in [0.1, 0.15) is 25.3 Å². The Balaban J connectivity index is 2.41. The standard InChI is InChI=1S/C16H27N3O2/c1-4-9-18-16(17-2)19-13-14-7-5-8-15(12-14)21-11-6-10-20-3/h5,7-8,12H,4,6,9-11,13H2,1-3H3,(H2,17,18,19). The molecule has 21 heavy (non-hydrogen) atoms. The number of ether oxygens (including phenoxy) is 2. The molecular formula is C16H27N3O2. The van der Waals surface area contributed by atoms with Gasteiger partial charge in [0.25, 0.3) is 0 Å². The lowest BCUT2D eigenvalue weighted by Gasteiger charge is -2.12. The highest BCUT2D eigenvalue weighted by Crippen LogP contribution is 2.13. The molecule has 2 N–H and O–H groups in total. The van der Waals surface area contributed by atoms with Crippen LogP contribution in [0.15, 0.2) is 29.3 Å². The van der Waals surface area contributed by atoms with Crippen molar-refractivity contribution in [2.75, 3.05) is 33.9 Å². The second-order valence-electron chi connectivity index (χ2n) is 4.69. The molecule has 0 aliphatic rings. The molecule has 1 rings (SSSR count). The van der Waals surface area contributed by atoms with Gasteiger partial charge in [0.2, 0.25) is 0 Å². The number of guanidine groups is 1. The maximum Gasteiger partial charge on any atom is 0.191 e. The molecule has 5 heteroatoms. The molecule has 0 unspecified atom stereocenters. The summed E-state index contributed by atoms with van der Waals surface area (Å²) in [5.41, 5.74) is 1.17. The molecule has 0 atom stereocenters. The fourth-order valence-corrected chi connectivity index (χ4v) is 1.79. The van der Waals surface area contributed by atoms with Crippen molar-refractivity contribution in [3.63, 3.8) is 0 Å². The van der Waals surface area contributed by atoms with Crippen LogP contribution in [0.25, 0.3) is 0 Å². The second-order valence-corrected chi connectivity index (χ2v) is 4.69. The van der Waals surface area contributed by atoms with E-state index in [1.54, 1.807) is 14.2 Å². The summed E-state index contributed by atoms with van der Waals surface area (Å²) >= 11 is 0. The van der Waals surface area contributed by atoms with Crippen molar-refractivity contribution in [2.24, 2.45) is 4.99 Å². The van der Waals surface area contributed by atoms with Crippen LogP contribution in [-0.4, -0.2) is 39.9 Å². The quantitative estimate of drug-likeness (QED) is 0.416. The van der Waals surface area contributed by atoms with Gasteiger partial charge in [-0.15, -0.1) is 0 Å². The molecular weight excluding hydrogens is 266 g/mol. The highest BCUT2D eigenvalue weighted by atomic mass is 16.5. The Bertz CT molecular complexity index is 422. The molecule has 118 valence electrons. The molecule has 0 radical (unpaired) electrons. The van der Waals surface area contributed by atoms with E-state index < -0.39 is 0 Å². The molecule has 0 fully saturated rings. The number of rotatable bonds is 9. The van der Waals surface area contributed by atoms with E-state index in [1.807, 2.05) is 18.2 Å². The van der Waals surface area contributed by atoms with Gasteiger partial charge in [0.15, 0.2) is 5.96 Å². The summed E-state index contributed by atoms with van der Waals surface area (Å²) in [5, 5.41) is 6.53. The van der Waals surface area contributed by atoms with Gasteiger partial charge in [-0.3, -0.25) is 4.99 Å². The normalized spacial score (nSPS) is 11.3. The van der Waals surface area contributed by atoms with Gasteiger partial charge >= 0.3 is 0 Å². The maximum absolute atomic E-state index is 5.69. The van der Waals surface area contributed by atoms with Gasteiger partial charge in [0, 0.05) is 40.3 Å². The average Bonchev–Trinajstić information content (AvgIpc) is 2.52. The summed E-state index contributed by atoms with van der Waals surface area (Å²) < 4.78 is 10.7. The fourth-order valence-electron chi connectivity index (χ4n) is 1.79. The van der Waals surface area contributed by atoms with Gasteiger partial charge in [0.1, 0.15) is 5.75 Å². The topological polar surface area (TPSA) is 54.9 Å². The minimum absolute atomic E-state index is 0.671. The summed E-state index contributed by atoms with van der Waals surface area (Å²) in [6, 6.07) is 8.10. The van der Waals surface area contributed by atoms with Crippen molar-refractivity contribution < 1.29 is 9.47 Å². The Morgan fingerprint density at radius 3 is 2.81 bits per heavy atom. The molecule has 0 saturated heterocycles. The van der Waals surface area contributed by atoms with E-state index >= 15 is 0 Å².